The lowest BCUT2D eigenvalue weighted by Gasteiger charge is -2.13. The standard InChI is InChI=1S/C25H24FN5O2/c1-17(19-9-11-21(26)12-10-19)29-24(32)15-33-30-25(27)20-6-4-5-18(13-20)14-31-16-28-22-7-2-3-8-23(22)31/h2-13,16-17H,14-15H2,1H3,(H2,27,30)(H,29,32)/t17-/m0/s1. The minimum atomic E-state index is -0.357. The van der Waals surface area contributed by atoms with E-state index in [1.165, 1.54) is 12.1 Å². The zero-order chi connectivity index (χ0) is 23.2. The molecule has 0 saturated carbocycles. The molecule has 0 unspecified atom stereocenters. The van der Waals surface area contributed by atoms with Gasteiger partial charge in [-0.05, 0) is 48.4 Å². The Morgan fingerprint density at radius 1 is 1.15 bits per heavy atom. The predicted octanol–water partition coefficient (Wildman–Crippen LogP) is 3.74. The molecule has 168 valence electrons. The Labute approximate surface area is 190 Å². The molecular weight excluding hydrogens is 421 g/mol. The Morgan fingerprint density at radius 2 is 1.94 bits per heavy atom. The van der Waals surface area contributed by atoms with Gasteiger partial charge in [0, 0.05) is 12.1 Å². The van der Waals surface area contributed by atoms with E-state index in [1.807, 2.05) is 54.9 Å². The number of rotatable bonds is 8. The van der Waals surface area contributed by atoms with Crippen LogP contribution < -0.4 is 11.1 Å². The van der Waals surface area contributed by atoms with Crippen LogP contribution in [0.5, 0.6) is 0 Å². The first kappa shape index (κ1) is 22.0. The van der Waals surface area contributed by atoms with Gasteiger partial charge in [-0.1, -0.05) is 47.6 Å². The number of imidazole rings is 1. The molecule has 4 aromatic rings. The van der Waals surface area contributed by atoms with Crippen molar-refractivity contribution in [2.45, 2.75) is 19.5 Å². The summed E-state index contributed by atoms with van der Waals surface area (Å²) in [6.07, 6.45) is 1.81. The van der Waals surface area contributed by atoms with Crippen molar-refractivity contribution in [1.29, 1.82) is 0 Å². The van der Waals surface area contributed by atoms with Crippen LogP contribution in [0.25, 0.3) is 11.0 Å². The number of halogens is 1. The van der Waals surface area contributed by atoms with Gasteiger partial charge >= 0.3 is 0 Å². The predicted molar refractivity (Wildman–Crippen MR) is 125 cm³/mol. The Bertz CT molecular complexity index is 1280. The fraction of sp³-hybridized carbons (Fsp3) is 0.160. The Hall–Kier alpha value is -4.20. The van der Waals surface area contributed by atoms with Gasteiger partial charge in [0.1, 0.15) is 5.82 Å². The highest BCUT2D eigenvalue weighted by Gasteiger charge is 2.10. The molecule has 0 aliphatic carbocycles. The Kier molecular flexibility index (Phi) is 6.64. The summed E-state index contributed by atoms with van der Waals surface area (Å²) in [4.78, 5) is 21.7. The van der Waals surface area contributed by atoms with Gasteiger partial charge in [-0.3, -0.25) is 4.79 Å². The van der Waals surface area contributed by atoms with Crippen molar-refractivity contribution < 1.29 is 14.0 Å². The smallest absolute Gasteiger partial charge is 0.261 e. The van der Waals surface area contributed by atoms with E-state index < -0.39 is 0 Å². The molecule has 3 N–H and O–H groups in total. The van der Waals surface area contributed by atoms with Crippen LogP contribution in [0.15, 0.2) is 84.3 Å². The van der Waals surface area contributed by atoms with E-state index >= 15 is 0 Å². The number of nitrogens with zero attached hydrogens (tertiary/aromatic N) is 3. The third-order valence-corrected chi connectivity index (χ3v) is 5.21. The number of para-hydroxylation sites is 2. The number of aromatic nitrogens is 2. The van der Waals surface area contributed by atoms with Crippen LogP contribution in [0, 0.1) is 5.82 Å². The fourth-order valence-corrected chi connectivity index (χ4v) is 3.49. The first-order valence-electron chi connectivity index (χ1n) is 10.5. The fourth-order valence-electron chi connectivity index (χ4n) is 3.49. The maximum absolute atomic E-state index is 13.0. The van der Waals surface area contributed by atoms with Crippen molar-refractivity contribution in [3.05, 3.63) is 102 Å². The molecule has 3 aromatic carbocycles. The van der Waals surface area contributed by atoms with Crippen LogP contribution in [-0.2, 0) is 16.2 Å². The molecule has 4 rings (SSSR count). The summed E-state index contributed by atoms with van der Waals surface area (Å²) in [6, 6.07) is 21.2. The maximum Gasteiger partial charge on any atom is 0.261 e. The molecule has 1 heterocycles. The zero-order valence-electron chi connectivity index (χ0n) is 18.1. The largest absolute Gasteiger partial charge is 0.384 e. The van der Waals surface area contributed by atoms with Gasteiger partial charge in [-0.25, -0.2) is 9.37 Å². The SMILES string of the molecule is C[C@H](NC(=O)CO/N=C(/N)c1cccc(Cn2cnc3ccccc32)c1)c1ccc(F)cc1. The number of amides is 1. The van der Waals surface area contributed by atoms with Gasteiger partial charge in [0.2, 0.25) is 0 Å². The van der Waals surface area contributed by atoms with Crippen molar-refractivity contribution in [1.82, 2.24) is 14.9 Å². The van der Waals surface area contributed by atoms with Crippen molar-refractivity contribution >= 4 is 22.8 Å². The highest BCUT2D eigenvalue weighted by Crippen LogP contribution is 2.15. The summed E-state index contributed by atoms with van der Waals surface area (Å²) in [6.45, 7) is 2.15. The number of fused-ring (bicyclic) bond motifs is 1. The number of benzene rings is 3. The van der Waals surface area contributed by atoms with E-state index in [0.717, 1.165) is 22.2 Å². The van der Waals surface area contributed by atoms with E-state index in [0.29, 0.717) is 12.1 Å². The third kappa shape index (κ3) is 5.54. The lowest BCUT2D eigenvalue weighted by molar-refractivity contribution is -0.126. The second-order valence-corrected chi connectivity index (χ2v) is 7.65. The molecule has 0 saturated heterocycles. The molecule has 0 spiro atoms. The lowest BCUT2D eigenvalue weighted by atomic mass is 10.1. The molecule has 7 nitrogen and oxygen atoms in total. The van der Waals surface area contributed by atoms with E-state index in [4.69, 9.17) is 10.6 Å². The van der Waals surface area contributed by atoms with Crippen LogP contribution >= 0.6 is 0 Å². The molecular formula is C25H24FN5O2. The third-order valence-electron chi connectivity index (χ3n) is 5.21. The number of nitrogens with one attached hydrogen (secondary N) is 1. The summed E-state index contributed by atoms with van der Waals surface area (Å²) in [5, 5.41) is 6.65. The molecule has 0 fully saturated rings. The first-order chi connectivity index (χ1) is 16.0. The quantitative estimate of drug-likeness (QED) is 0.245. The highest BCUT2D eigenvalue weighted by atomic mass is 19.1. The number of hydrogen-bond donors (Lipinski definition) is 2. The lowest BCUT2D eigenvalue weighted by Crippen LogP contribution is -2.30. The van der Waals surface area contributed by atoms with Gasteiger partial charge in [-0.15, -0.1) is 0 Å². The second kappa shape index (κ2) is 9.95. The van der Waals surface area contributed by atoms with Gasteiger partial charge in [0.05, 0.1) is 23.4 Å². The van der Waals surface area contributed by atoms with E-state index in [1.54, 1.807) is 19.1 Å². The molecule has 0 aliphatic heterocycles. The Morgan fingerprint density at radius 3 is 2.76 bits per heavy atom. The second-order valence-electron chi connectivity index (χ2n) is 7.65. The van der Waals surface area contributed by atoms with E-state index in [-0.39, 0.29) is 30.2 Å². The topological polar surface area (TPSA) is 94.5 Å². The molecule has 1 aromatic heterocycles. The van der Waals surface area contributed by atoms with Crippen LogP contribution in [0.4, 0.5) is 4.39 Å². The van der Waals surface area contributed by atoms with E-state index in [9.17, 15) is 9.18 Å². The Balaban J connectivity index is 1.34. The zero-order valence-corrected chi connectivity index (χ0v) is 18.1. The van der Waals surface area contributed by atoms with Gasteiger partial charge in [0.25, 0.3) is 5.91 Å². The molecule has 0 bridgehead atoms. The van der Waals surface area contributed by atoms with Gasteiger partial charge < -0.3 is 20.5 Å². The molecule has 0 radical (unpaired) electrons. The number of carbonyl (C=O) groups is 1. The van der Waals surface area contributed by atoms with Crippen molar-refractivity contribution in [3.8, 4) is 0 Å². The number of hydrogen-bond acceptors (Lipinski definition) is 4. The molecule has 33 heavy (non-hydrogen) atoms. The number of oxime groups is 1. The van der Waals surface area contributed by atoms with Crippen LogP contribution in [0.2, 0.25) is 0 Å². The monoisotopic (exact) mass is 445 g/mol. The number of amidine groups is 1. The van der Waals surface area contributed by atoms with Crippen molar-refractivity contribution in [2.24, 2.45) is 10.9 Å². The van der Waals surface area contributed by atoms with Gasteiger partial charge in [0.15, 0.2) is 12.4 Å². The van der Waals surface area contributed by atoms with Crippen LogP contribution in [0.3, 0.4) is 0 Å². The van der Waals surface area contributed by atoms with Crippen molar-refractivity contribution in [3.63, 3.8) is 0 Å². The molecule has 1 amide bonds. The summed E-state index contributed by atoms with van der Waals surface area (Å²) in [7, 11) is 0. The molecule has 8 heteroatoms. The number of nitrogens with two attached hydrogens (primary N) is 1. The normalized spacial score (nSPS) is 12.5. The summed E-state index contributed by atoms with van der Waals surface area (Å²) in [5.74, 6) is -0.510. The van der Waals surface area contributed by atoms with Crippen LogP contribution in [-0.4, -0.2) is 27.9 Å². The van der Waals surface area contributed by atoms with Crippen LogP contribution in [0.1, 0.15) is 29.7 Å². The summed E-state index contributed by atoms with van der Waals surface area (Å²) in [5.41, 5.74) is 10.6. The van der Waals surface area contributed by atoms with Gasteiger partial charge in [-0.2, -0.15) is 0 Å². The summed E-state index contributed by atoms with van der Waals surface area (Å²) >= 11 is 0. The molecule has 0 aliphatic rings. The van der Waals surface area contributed by atoms with Crippen molar-refractivity contribution in [2.75, 3.05) is 6.61 Å². The average Bonchev–Trinajstić information content (AvgIpc) is 3.22. The first-order valence-corrected chi connectivity index (χ1v) is 10.5. The highest BCUT2D eigenvalue weighted by molar-refractivity contribution is 5.97. The average molecular weight is 445 g/mol. The molecule has 1 atom stereocenters. The summed E-state index contributed by atoms with van der Waals surface area (Å²) < 4.78 is 15.1. The maximum atomic E-state index is 13.0. The minimum Gasteiger partial charge on any atom is -0.384 e. The van der Waals surface area contributed by atoms with E-state index in [2.05, 4.69) is 20.0 Å². The minimum absolute atomic E-state index is 0.173. The number of carbonyl (C=O) groups excluding carboxylic acids is 1.